The monoisotopic (exact) mass is 407 g/mol. The summed E-state index contributed by atoms with van der Waals surface area (Å²) < 4.78 is 37.7. The molecule has 0 unspecified atom stereocenters. The van der Waals surface area contributed by atoms with Crippen LogP contribution >= 0.6 is 11.6 Å². The number of methoxy groups -OCH3 is 2. The van der Waals surface area contributed by atoms with Gasteiger partial charge in [-0.1, -0.05) is 11.6 Å². The second-order valence-electron chi connectivity index (χ2n) is 5.55. The highest BCUT2D eigenvalue weighted by Crippen LogP contribution is 2.38. The van der Waals surface area contributed by atoms with Crippen molar-refractivity contribution >= 4 is 40.3 Å². The predicted octanol–water partition coefficient (Wildman–Crippen LogP) is 4.49. The highest BCUT2D eigenvalue weighted by atomic mass is 35.5. The summed E-state index contributed by atoms with van der Waals surface area (Å²) >= 11 is 6.16. The molecule has 3 rings (SSSR count). The third-order valence-corrected chi connectivity index (χ3v) is 4.09. The molecule has 1 aromatic heterocycles. The van der Waals surface area contributed by atoms with Crippen LogP contribution in [-0.2, 0) is 0 Å². The van der Waals surface area contributed by atoms with Gasteiger partial charge in [0.1, 0.15) is 35.1 Å². The Bertz CT molecular complexity index is 1020. The molecular formula is C18H16ClF2N5O2. The molecule has 0 atom stereocenters. The molecule has 1 heterocycles. The number of anilines is 5. The number of nitrogens with zero attached hydrogens (tertiary/aromatic N) is 2. The summed E-state index contributed by atoms with van der Waals surface area (Å²) in [4.78, 5) is 8.06. The quantitative estimate of drug-likeness (QED) is 0.554. The zero-order valence-corrected chi connectivity index (χ0v) is 15.6. The van der Waals surface area contributed by atoms with Gasteiger partial charge in [0.15, 0.2) is 11.6 Å². The fourth-order valence-electron chi connectivity index (χ4n) is 2.40. The molecule has 0 saturated heterocycles. The van der Waals surface area contributed by atoms with Crippen molar-refractivity contribution in [3.05, 3.63) is 53.3 Å². The maximum atomic E-state index is 13.9. The van der Waals surface area contributed by atoms with Crippen molar-refractivity contribution in [1.29, 1.82) is 0 Å². The van der Waals surface area contributed by atoms with Crippen molar-refractivity contribution < 1.29 is 18.3 Å². The molecule has 0 bridgehead atoms. The molecule has 0 radical (unpaired) electrons. The number of rotatable bonds is 6. The number of aromatic nitrogens is 2. The van der Waals surface area contributed by atoms with Gasteiger partial charge in [-0.25, -0.2) is 18.7 Å². The number of nitrogens with two attached hydrogens (primary N) is 1. The molecule has 4 N–H and O–H groups in total. The third-order valence-electron chi connectivity index (χ3n) is 3.79. The van der Waals surface area contributed by atoms with E-state index >= 15 is 0 Å². The van der Waals surface area contributed by atoms with Crippen molar-refractivity contribution in [3.63, 3.8) is 0 Å². The summed E-state index contributed by atoms with van der Waals surface area (Å²) in [5, 5.41) is 5.99. The number of benzene rings is 2. The van der Waals surface area contributed by atoms with E-state index in [4.69, 9.17) is 26.8 Å². The SMILES string of the molecule is COc1cc(OC)c(Nc2ncnc(Nc3cc(F)ccc3F)c2N)cc1Cl. The molecule has 0 aliphatic rings. The van der Waals surface area contributed by atoms with E-state index in [1.807, 2.05) is 0 Å². The van der Waals surface area contributed by atoms with Gasteiger partial charge in [-0.3, -0.25) is 0 Å². The first kappa shape index (κ1) is 19.4. The molecule has 28 heavy (non-hydrogen) atoms. The summed E-state index contributed by atoms with van der Waals surface area (Å²) in [6, 6.07) is 6.19. The molecule has 2 aromatic carbocycles. The van der Waals surface area contributed by atoms with Crippen LogP contribution < -0.4 is 25.8 Å². The first-order chi connectivity index (χ1) is 13.4. The highest BCUT2D eigenvalue weighted by Gasteiger charge is 2.15. The lowest BCUT2D eigenvalue weighted by Gasteiger charge is -2.16. The minimum atomic E-state index is -0.655. The van der Waals surface area contributed by atoms with E-state index in [1.165, 1.54) is 20.5 Å². The van der Waals surface area contributed by atoms with Crippen molar-refractivity contribution in [2.75, 3.05) is 30.6 Å². The molecule has 146 valence electrons. The van der Waals surface area contributed by atoms with E-state index in [-0.39, 0.29) is 23.0 Å². The minimum Gasteiger partial charge on any atom is -0.495 e. The Morgan fingerprint density at radius 2 is 1.57 bits per heavy atom. The number of halogens is 3. The zero-order chi connectivity index (χ0) is 20.3. The van der Waals surface area contributed by atoms with Crippen LogP contribution in [0.15, 0.2) is 36.7 Å². The van der Waals surface area contributed by atoms with Crippen molar-refractivity contribution in [2.24, 2.45) is 0 Å². The molecule has 0 spiro atoms. The lowest BCUT2D eigenvalue weighted by molar-refractivity contribution is 0.396. The van der Waals surface area contributed by atoms with Crippen LogP contribution in [0, 0.1) is 11.6 Å². The molecule has 3 aromatic rings. The van der Waals surface area contributed by atoms with E-state index in [9.17, 15) is 8.78 Å². The van der Waals surface area contributed by atoms with Gasteiger partial charge in [0.25, 0.3) is 0 Å². The van der Waals surface area contributed by atoms with Crippen LogP contribution in [0.3, 0.4) is 0 Å². The van der Waals surface area contributed by atoms with E-state index in [2.05, 4.69) is 20.6 Å². The van der Waals surface area contributed by atoms with Gasteiger partial charge >= 0.3 is 0 Å². The number of hydrogen-bond acceptors (Lipinski definition) is 7. The first-order valence-electron chi connectivity index (χ1n) is 7.94. The van der Waals surface area contributed by atoms with Crippen LogP contribution in [0.4, 0.5) is 37.5 Å². The summed E-state index contributed by atoms with van der Waals surface area (Å²) in [5.41, 5.74) is 6.54. The lowest BCUT2D eigenvalue weighted by atomic mass is 10.2. The third kappa shape index (κ3) is 3.99. The lowest BCUT2D eigenvalue weighted by Crippen LogP contribution is -2.06. The molecule has 0 aliphatic carbocycles. The van der Waals surface area contributed by atoms with Crippen LogP contribution in [-0.4, -0.2) is 24.2 Å². The standard InChI is InChI=1S/C18H16ClF2N5O2/c1-27-14-7-15(28-2)13(6-10(14)19)26-18-16(22)17(23-8-24-18)25-12-5-9(20)3-4-11(12)21/h3-8H,22H2,1-2H3,(H2,23,24,25,26). The van der Waals surface area contributed by atoms with E-state index in [1.54, 1.807) is 12.1 Å². The fraction of sp³-hybridized carbons (Fsp3) is 0.111. The Kier molecular flexibility index (Phi) is 5.65. The van der Waals surface area contributed by atoms with E-state index in [0.29, 0.717) is 22.2 Å². The predicted molar refractivity (Wildman–Crippen MR) is 104 cm³/mol. The molecule has 0 saturated carbocycles. The average Bonchev–Trinajstić information content (AvgIpc) is 2.68. The Labute approximate surface area is 164 Å². The van der Waals surface area contributed by atoms with Gasteiger partial charge in [-0.15, -0.1) is 0 Å². The fourth-order valence-corrected chi connectivity index (χ4v) is 2.64. The minimum absolute atomic E-state index is 0.0835. The molecule has 7 nitrogen and oxygen atoms in total. The van der Waals surface area contributed by atoms with Crippen LogP contribution in [0.1, 0.15) is 0 Å². The Hall–Kier alpha value is -3.33. The Morgan fingerprint density at radius 3 is 2.21 bits per heavy atom. The van der Waals surface area contributed by atoms with Gasteiger partial charge < -0.3 is 25.8 Å². The van der Waals surface area contributed by atoms with Gasteiger partial charge in [0.05, 0.1) is 30.6 Å². The van der Waals surface area contributed by atoms with Crippen molar-refractivity contribution in [3.8, 4) is 11.5 Å². The van der Waals surface area contributed by atoms with Gasteiger partial charge in [-0.05, 0) is 18.2 Å². The van der Waals surface area contributed by atoms with Crippen LogP contribution in [0.25, 0.3) is 0 Å². The molecule has 0 amide bonds. The average molecular weight is 408 g/mol. The number of ether oxygens (including phenoxy) is 2. The molecule has 0 fully saturated rings. The second kappa shape index (κ2) is 8.13. The molecule has 10 heteroatoms. The Balaban J connectivity index is 1.94. The van der Waals surface area contributed by atoms with Crippen LogP contribution in [0.5, 0.6) is 11.5 Å². The topological polar surface area (TPSA) is 94.3 Å². The smallest absolute Gasteiger partial charge is 0.159 e. The number of hydrogen-bond donors (Lipinski definition) is 3. The molecule has 0 aliphatic heterocycles. The van der Waals surface area contributed by atoms with Gasteiger partial charge in [0.2, 0.25) is 0 Å². The summed E-state index contributed by atoms with van der Waals surface area (Å²) in [6.45, 7) is 0. The van der Waals surface area contributed by atoms with E-state index < -0.39 is 11.6 Å². The maximum Gasteiger partial charge on any atom is 0.159 e. The zero-order valence-electron chi connectivity index (χ0n) is 14.9. The summed E-state index contributed by atoms with van der Waals surface area (Å²) in [6.07, 6.45) is 1.22. The summed E-state index contributed by atoms with van der Waals surface area (Å²) in [5.74, 6) is -0.0759. The maximum absolute atomic E-state index is 13.9. The number of nitrogens with one attached hydrogen (secondary N) is 2. The molecular weight excluding hydrogens is 392 g/mol. The normalized spacial score (nSPS) is 10.5. The van der Waals surface area contributed by atoms with E-state index in [0.717, 1.165) is 18.2 Å². The summed E-state index contributed by atoms with van der Waals surface area (Å²) in [7, 11) is 2.97. The number of nitrogen functional groups attached to an aromatic ring is 1. The Morgan fingerprint density at radius 1 is 0.929 bits per heavy atom. The van der Waals surface area contributed by atoms with Crippen LogP contribution in [0.2, 0.25) is 5.02 Å². The van der Waals surface area contributed by atoms with Gasteiger partial charge in [0, 0.05) is 12.1 Å². The second-order valence-corrected chi connectivity index (χ2v) is 5.95. The van der Waals surface area contributed by atoms with Crippen molar-refractivity contribution in [2.45, 2.75) is 0 Å². The highest BCUT2D eigenvalue weighted by molar-refractivity contribution is 6.32. The van der Waals surface area contributed by atoms with Crippen molar-refractivity contribution in [1.82, 2.24) is 9.97 Å². The van der Waals surface area contributed by atoms with Gasteiger partial charge in [-0.2, -0.15) is 0 Å². The largest absolute Gasteiger partial charge is 0.495 e. The first-order valence-corrected chi connectivity index (χ1v) is 8.31.